The van der Waals surface area contributed by atoms with Crippen molar-refractivity contribution in [1.82, 2.24) is 10.1 Å². The summed E-state index contributed by atoms with van der Waals surface area (Å²) in [6.45, 7) is 9.82. The Morgan fingerprint density at radius 3 is 2.12 bits per heavy atom. The van der Waals surface area contributed by atoms with E-state index in [0.29, 0.717) is 5.56 Å². The molecule has 0 fully saturated rings. The van der Waals surface area contributed by atoms with E-state index < -0.39 is 66.3 Å². The molecule has 302 valence electrons. The molecule has 0 bridgehead atoms. The van der Waals surface area contributed by atoms with E-state index in [1.807, 2.05) is 75.2 Å². The number of ketones is 2. The minimum Gasteiger partial charge on any atom is -0.508 e. The number of benzene rings is 3. The molecule has 4 aromatic rings. The average Bonchev–Trinajstić information content (AvgIpc) is 3.55. The van der Waals surface area contributed by atoms with Crippen LogP contribution in [0.25, 0.3) is 0 Å². The Kier molecular flexibility index (Phi) is 10.1. The standard InChI is InChI=1S/C42H46F3N3O8Si/c1-40(2,3)57(6,7)56-41-27(33(48(4)5)36-32(38(41)51)39(47-55-36)53-22-24-16-12-9-13-17-24)19-25-18-26-29(54-42(43,44)45)20-28(46)35(31(26)34(49)30(25)37(41)50)52-21-23-14-10-8-11-15-23/h8-17,20,25,27,33,50H,18-19,21-22,46H2,1-7H3/t25-,27-,33-,41-/m0/s1. The second-order valence-corrected chi connectivity index (χ2v) is 21.4. The molecule has 0 radical (unpaired) electrons. The van der Waals surface area contributed by atoms with Gasteiger partial charge in [0.15, 0.2) is 31.2 Å². The van der Waals surface area contributed by atoms with Crippen LogP contribution < -0.4 is 19.9 Å². The molecule has 3 aliphatic rings. The lowest BCUT2D eigenvalue weighted by molar-refractivity contribution is -0.274. The van der Waals surface area contributed by atoms with Crippen LogP contribution in [0.2, 0.25) is 18.1 Å². The van der Waals surface area contributed by atoms with Crippen molar-refractivity contribution in [1.29, 1.82) is 0 Å². The maximum absolute atomic E-state index is 15.5. The first-order valence-corrected chi connectivity index (χ1v) is 21.6. The fraction of sp³-hybridized carbons (Fsp3) is 0.405. The third-order valence-electron chi connectivity index (χ3n) is 11.7. The highest BCUT2D eigenvalue weighted by molar-refractivity contribution is 6.74. The zero-order valence-corrected chi connectivity index (χ0v) is 33.8. The van der Waals surface area contributed by atoms with Crippen LogP contribution in [0.1, 0.15) is 76.4 Å². The van der Waals surface area contributed by atoms with E-state index in [1.165, 1.54) is 0 Å². The van der Waals surface area contributed by atoms with Gasteiger partial charge in [-0.05, 0) is 67.3 Å². The molecule has 15 heteroatoms. The van der Waals surface area contributed by atoms with Gasteiger partial charge in [-0.15, -0.1) is 13.2 Å². The fourth-order valence-corrected chi connectivity index (χ4v) is 9.55. The highest BCUT2D eigenvalue weighted by Crippen LogP contribution is 2.60. The van der Waals surface area contributed by atoms with Gasteiger partial charge in [-0.2, -0.15) is 0 Å². The summed E-state index contributed by atoms with van der Waals surface area (Å²) < 4.78 is 71.5. The molecule has 0 unspecified atom stereocenters. The van der Waals surface area contributed by atoms with Crippen LogP contribution in [0.15, 0.2) is 82.6 Å². The van der Waals surface area contributed by atoms with Crippen LogP contribution in [-0.4, -0.2) is 61.1 Å². The van der Waals surface area contributed by atoms with Gasteiger partial charge in [-0.1, -0.05) is 81.4 Å². The number of halogens is 3. The quantitative estimate of drug-likeness (QED) is 0.117. The van der Waals surface area contributed by atoms with Crippen molar-refractivity contribution >= 4 is 25.6 Å². The van der Waals surface area contributed by atoms with Gasteiger partial charge in [-0.3, -0.25) is 14.5 Å². The lowest BCUT2D eigenvalue weighted by Crippen LogP contribution is -2.65. The van der Waals surface area contributed by atoms with E-state index in [9.17, 15) is 18.3 Å². The van der Waals surface area contributed by atoms with E-state index in [4.69, 9.17) is 24.2 Å². The minimum absolute atomic E-state index is 0.0224. The Hall–Kier alpha value is -5.12. The molecule has 3 aliphatic carbocycles. The Bertz CT molecular complexity index is 2230. The van der Waals surface area contributed by atoms with E-state index in [0.717, 1.165) is 11.6 Å². The van der Waals surface area contributed by atoms with E-state index >= 15 is 9.59 Å². The van der Waals surface area contributed by atoms with Gasteiger partial charge < -0.3 is 34.0 Å². The number of nitrogen functional groups attached to an aromatic ring is 1. The summed E-state index contributed by atoms with van der Waals surface area (Å²) in [4.78, 5) is 32.4. The van der Waals surface area contributed by atoms with Gasteiger partial charge in [0, 0.05) is 23.1 Å². The molecule has 0 aliphatic heterocycles. The van der Waals surface area contributed by atoms with Crippen molar-refractivity contribution in [3.05, 3.63) is 112 Å². The molecule has 0 saturated carbocycles. The van der Waals surface area contributed by atoms with Crippen molar-refractivity contribution < 1.29 is 51.0 Å². The number of nitrogens with zero attached hydrogens (tertiary/aromatic N) is 2. The summed E-state index contributed by atoms with van der Waals surface area (Å²) in [6.07, 6.45) is -5.25. The topological polar surface area (TPSA) is 147 Å². The number of Topliss-reactive ketones (excluding diaryl/α,β-unsaturated/α-hetero) is 2. The zero-order valence-electron chi connectivity index (χ0n) is 32.8. The number of alkyl halides is 3. The summed E-state index contributed by atoms with van der Waals surface area (Å²) in [5, 5.41) is 16.6. The highest BCUT2D eigenvalue weighted by Gasteiger charge is 2.67. The van der Waals surface area contributed by atoms with Gasteiger partial charge in [0.1, 0.15) is 30.3 Å². The Morgan fingerprint density at radius 2 is 1.56 bits per heavy atom. The molecule has 1 aromatic heterocycles. The van der Waals surface area contributed by atoms with Crippen LogP contribution >= 0.6 is 0 Å². The smallest absolute Gasteiger partial charge is 0.508 e. The molecule has 0 amide bonds. The Labute approximate surface area is 329 Å². The largest absolute Gasteiger partial charge is 0.573 e. The van der Waals surface area contributed by atoms with Gasteiger partial charge in [0.25, 0.3) is 5.88 Å². The number of fused-ring (bicyclic) bond motifs is 4. The second kappa shape index (κ2) is 14.4. The summed E-state index contributed by atoms with van der Waals surface area (Å²) in [5.41, 5.74) is 4.91. The molecular weight excluding hydrogens is 760 g/mol. The number of aliphatic hydroxyl groups excluding tert-OH is 1. The van der Waals surface area contributed by atoms with Crippen LogP contribution in [0.5, 0.6) is 17.4 Å². The lowest BCUT2D eigenvalue weighted by Gasteiger charge is -2.55. The molecule has 1 heterocycles. The monoisotopic (exact) mass is 805 g/mol. The molecular formula is C42H46F3N3O8Si. The third-order valence-corrected chi connectivity index (χ3v) is 16.2. The first kappa shape index (κ1) is 40.1. The summed E-state index contributed by atoms with van der Waals surface area (Å²) in [6, 6.07) is 18.5. The van der Waals surface area contributed by atoms with Crippen molar-refractivity contribution in [3.8, 4) is 17.4 Å². The van der Waals surface area contributed by atoms with E-state index in [2.05, 4.69) is 9.89 Å². The predicted molar refractivity (Wildman–Crippen MR) is 207 cm³/mol. The van der Waals surface area contributed by atoms with E-state index in [-0.39, 0.29) is 71.4 Å². The minimum atomic E-state index is -5.11. The van der Waals surface area contributed by atoms with Crippen LogP contribution in [0, 0.1) is 11.8 Å². The van der Waals surface area contributed by atoms with Crippen molar-refractivity contribution in [2.45, 2.75) is 83.0 Å². The number of hydrogen-bond acceptors (Lipinski definition) is 11. The van der Waals surface area contributed by atoms with Gasteiger partial charge in [-0.25, -0.2) is 0 Å². The third kappa shape index (κ3) is 6.99. The molecule has 7 rings (SSSR count). The molecule has 57 heavy (non-hydrogen) atoms. The lowest BCUT2D eigenvalue weighted by atomic mass is 9.58. The van der Waals surface area contributed by atoms with Gasteiger partial charge in [0.2, 0.25) is 5.78 Å². The second-order valence-electron chi connectivity index (χ2n) is 16.6. The van der Waals surface area contributed by atoms with Crippen molar-refractivity contribution in [3.63, 3.8) is 0 Å². The van der Waals surface area contributed by atoms with Gasteiger partial charge >= 0.3 is 6.36 Å². The van der Waals surface area contributed by atoms with Crippen LogP contribution in [0.3, 0.4) is 0 Å². The van der Waals surface area contributed by atoms with E-state index in [1.54, 1.807) is 38.4 Å². The average molecular weight is 806 g/mol. The van der Waals surface area contributed by atoms with Gasteiger partial charge in [0.05, 0.1) is 17.3 Å². The van der Waals surface area contributed by atoms with Crippen molar-refractivity contribution in [2.24, 2.45) is 11.8 Å². The highest BCUT2D eigenvalue weighted by atomic mass is 28.4. The molecule has 3 aromatic carbocycles. The maximum atomic E-state index is 15.5. The Balaban J connectivity index is 1.44. The number of allylic oxidation sites excluding steroid dienone is 1. The summed E-state index contributed by atoms with van der Waals surface area (Å²) >= 11 is 0. The van der Waals surface area contributed by atoms with Crippen LogP contribution in [-0.2, 0) is 24.1 Å². The molecule has 0 saturated heterocycles. The summed E-state index contributed by atoms with van der Waals surface area (Å²) in [7, 11) is 0.527. The number of rotatable bonds is 10. The predicted octanol–water partition coefficient (Wildman–Crippen LogP) is 8.76. The number of carbonyl (C=O) groups is 2. The molecule has 11 nitrogen and oxygen atoms in total. The number of ether oxygens (including phenoxy) is 3. The van der Waals surface area contributed by atoms with Crippen molar-refractivity contribution in [2.75, 3.05) is 19.8 Å². The Morgan fingerprint density at radius 1 is 0.965 bits per heavy atom. The zero-order chi connectivity index (χ0) is 41.2. The molecule has 3 N–H and O–H groups in total. The number of anilines is 1. The molecule has 4 atom stereocenters. The van der Waals surface area contributed by atoms with Crippen LogP contribution in [0.4, 0.5) is 18.9 Å². The normalized spacial score (nSPS) is 22.1. The SMILES string of the molecule is CN(C)[C@@H]1c2onc(OCc3ccccc3)c2C(=O)[C@@]2(O[Si](C)(C)C(C)(C)C)C(O)=C3C(=O)c4c(c(OC(F)(F)F)cc(N)c4OCc4ccccc4)C[C@H]3C[C@@H]12. The first-order valence-electron chi connectivity index (χ1n) is 18.7. The maximum Gasteiger partial charge on any atom is 0.573 e. The molecule has 0 spiro atoms. The first-order chi connectivity index (χ1) is 26.7. The number of hydrogen-bond donors (Lipinski definition) is 2. The number of nitrogens with two attached hydrogens (primary N) is 1. The number of aliphatic hydroxyl groups is 1. The summed E-state index contributed by atoms with van der Waals surface area (Å²) in [5.74, 6) is -4.63. The number of aromatic nitrogens is 1. The fourth-order valence-electron chi connectivity index (χ4n) is 8.10. The number of carbonyl (C=O) groups excluding carboxylic acids is 2.